The van der Waals surface area contributed by atoms with E-state index in [4.69, 9.17) is 4.42 Å². The summed E-state index contributed by atoms with van der Waals surface area (Å²) in [6.45, 7) is 3.65. The zero-order chi connectivity index (χ0) is 25.8. The van der Waals surface area contributed by atoms with Crippen LogP contribution in [0.1, 0.15) is 51.2 Å². The first-order valence-electron chi connectivity index (χ1n) is 12.8. The number of nitrogens with one attached hydrogen (secondary N) is 1. The lowest BCUT2D eigenvalue weighted by Gasteiger charge is -2.31. The number of furan rings is 1. The summed E-state index contributed by atoms with van der Waals surface area (Å²) in [6.07, 6.45) is 7.04. The van der Waals surface area contributed by atoms with E-state index in [1.54, 1.807) is 17.2 Å². The molecule has 1 atom stereocenters. The maximum absolute atomic E-state index is 13.8. The van der Waals surface area contributed by atoms with Crippen LogP contribution in [0.25, 0.3) is 22.5 Å². The van der Waals surface area contributed by atoms with Crippen LogP contribution in [0, 0.1) is 6.92 Å². The monoisotopic (exact) mass is 501 g/mol. The van der Waals surface area contributed by atoms with E-state index in [0.717, 1.165) is 48.8 Å². The third-order valence-corrected chi connectivity index (χ3v) is 6.69. The Morgan fingerprint density at radius 2 is 2.00 bits per heavy atom. The number of pyridine rings is 1. The summed E-state index contributed by atoms with van der Waals surface area (Å²) in [5.41, 5.74) is 1.38. The van der Waals surface area contributed by atoms with Gasteiger partial charge in [0.2, 0.25) is 11.7 Å². The number of amides is 2. The first-order chi connectivity index (χ1) is 18.0. The van der Waals surface area contributed by atoms with Crippen LogP contribution in [0.15, 0.2) is 53.1 Å². The van der Waals surface area contributed by atoms with Crippen molar-refractivity contribution < 1.29 is 14.0 Å². The number of fused-ring (bicyclic) bond motifs is 1. The minimum Gasteiger partial charge on any atom is -0.458 e. The van der Waals surface area contributed by atoms with Gasteiger partial charge in [0, 0.05) is 11.4 Å². The Balaban J connectivity index is 1.46. The van der Waals surface area contributed by atoms with E-state index in [-0.39, 0.29) is 24.4 Å². The molecule has 1 aliphatic carbocycles. The molecule has 1 N–H and O–H groups in total. The quantitative estimate of drug-likeness (QED) is 0.367. The first-order valence-corrected chi connectivity index (χ1v) is 12.8. The van der Waals surface area contributed by atoms with Gasteiger partial charge in [-0.2, -0.15) is 4.80 Å². The average Bonchev–Trinajstić information content (AvgIpc) is 3.66. The van der Waals surface area contributed by atoms with Crippen molar-refractivity contribution in [1.29, 1.82) is 0 Å². The van der Waals surface area contributed by atoms with Gasteiger partial charge >= 0.3 is 0 Å². The van der Waals surface area contributed by atoms with Gasteiger partial charge in [-0.05, 0) is 55.7 Å². The molecule has 4 aromatic rings. The number of para-hydroxylation sites is 1. The SMILES string of the molecule is CCCC(C(=O)NC1CCCC1)N(C(=O)Cn1nnc(-c2ccc(C)o2)n1)c1cnc2ccccc2c1. The zero-order valence-corrected chi connectivity index (χ0v) is 21.1. The molecule has 10 nitrogen and oxygen atoms in total. The van der Waals surface area contributed by atoms with Crippen LogP contribution in [0.5, 0.6) is 0 Å². The van der Waals surface area contributed by atoms with Gasteiger partial charge < -0.3 is 9.73 Å². The number of hydrogen-bond acceptors (Lipinski definition) is 7. The van der Waals surface area contributed by atoms with Crippen molar-refractivity contribution in [2.24, 2.45) is 0 Å². The molecule has 3 heterocycles. The highest BCUT2D eigenvalue weighted by molar-refractivity contribution is 6.01. The molecule has 0 aliphatic heterocycles. The lowest BCUT2D eigenvalue weighted by Crippen LogP contribution is -2.52. The van der Waals surface area contributed by atoms with Crippen molar-refractivity contribution in [2.75, 3.05) is 4.90 Å². The summed E-state index contributed by atoms with van der Waals surface area (Å²) in [5, 5.41) is 16.5. The molecule has 3 aromatic heterocycles. The topological polar surface area (TPSA) is 119 Å². The molecule has 0 radical (unpaired) electrons. The van der Waals surface area contributed by atoms with Gasteiger partial charge in [0.05, 0.1) is 17.4 Å². The van der Waals surface area contributed by atoms with Crippen molar-refractivity contribution >= 4 is 28.4 Å². The normalized spacial score (nSPS) is 14.6. The average molecular weight is 502 g/mol. The Bertz CT molecular complexity index is 1390. The van der Waals surface area contributed by atoms with Gasteiger partial charge in [0.25, 0.3) is 5.91 Å². The standard InChI is InChI=1S/C27H31N7O3/c1-3-8-23(27(36)29-20-10-5-6-11-20)34(21-15-19-9-4-7-12-22(19)28-16-21)25(35)17-33-31-26(30-32-33)24-14-13-18(2)37-24/h4,7,9,12-16,20,23H,3,5-6,8,10-11,17H2,1-2H3,(H,29,36). The lowest BCUT2D eigenvalue weighted by atomic mass is 10.1. The second-order valence-electron chi connectivity index (χ2n) is 9.50. The van der Waals surface area contributed by atoms with Crippen LogP contribution in [0.4, 0.5) is 5.69 Å². The molecule has 192 valence electrons. The van der Waals surface area contributed by atoms with E-state index in [1.165, 1.54) is 4.80 Å². The van der Waals surface area contributed by atoms with E-state index >= 15 is 0 Å². The Morgan fingerprint density at radius 3 is 2.76 bits per heavy atom. The van der Waals surface area contributed by atoms with E-state index in [0.29, 0.717) is 23.7 Å². The highest BCUT2D eigenvalue weighted by Crippen LogP contribution is 2.25. The summed E-state index contributed by atoms with van der Waals surface area (Å²) in [6, 6.07) is 12.6. The Kier molecular flexibility index (Phi) is 7.25. The first kappa shape index (κ1) is 24.6. The van der Waals surface area contributed by atoms with Crippen LogP contribution in [-0.4, -0.2) is 49.1 Å². The molecule has 2 amide bonds. The molecule has 37 heavy (non-hydrogen) atoms. The molecular weight excluding hydrogens is 470 g/mol. The summed E-state index contributed by atoms with van der Waals surface area (Å²) in [4.78, 5) is 34.7. The fourth-order valence-electron chi connectivity index (χ4n) is 4.87. The van der Waals surface area contributed by atoms with E-state index < -0.39 is 6.04 Å². The number of rotatable bonds is 9. The van der Waals surface area contributed by atoms with Gasteiger partial charge in [0.15, 0.2) is 5.76 Å². The molecule has 10 heteroatoms. The van der Waals surface area contributed by atoms with Crippen LogP contribution >= 0.6 is 0 Å². The number of carbonyl (C=O) groups is 2. The summed E-state index contributed by atoms with van der Waals surface area (Å²) in [7, 11) is 0. The van der Waals surface area contributed by atoms with Gasteiger partial charge in [0.1, 0.15) is 18.3 Å². The Hall–Kier alpha value is -4.08. The van der Waals surface area contributed by atoms with Gasteiger partial charge in [-0.25, -0.2) is 0 Å². The van der Waals surface area contributed by atoms with E-state index in [2.05, 4.69) is 25.7 Å². The third-order valence-electron chi connectivity index (χ3n) is 6.69. The fraction of sp³-hybridized carbons (Fsp3) is 0.407. The van der Waals surface area contributed by atoms with Crippen LogP contribution in [-0.2, 0) is 16.1 Å². The zero-order valence-electron chi connectivity index (χ0n) is 21.1. The summed E-state index contributed by atoms with van der Waals surface area (Å²) < 4.78 is 5.58. The number of tetrazole rings is 1. The summed E-state index contributed by atoms with van der Waals surface area (Å²) >= 11 is 0. The highest BCUT2D eigenvalue weighted by Gasteiger charge is 2.33. The molecule has 0 spiro atoms. The minimum atomic E-state index is -0.684. The molecule has 5 rings (SSSR count). The number of hydrogen-bond donors (Lipinski definition) is 1. The molecule has 1 saturated carbocycles. The van der Waals surface area contributed by atoms with Gasteiger partial charge in [-0.1, -0.05) is 44.4 Å². The number of anilines is 1. The second kappa shape index (κ2) is 10.9. The predicted octanol–water partition coefficient (Wildman–Crippen LogP) is 4.05. The molecule has 1 aliphatic rings. The number of benzene rings is 1. The molecule has 0 saturated heterocycles. The lowest BCUT2D eigenvalue weighted by molar-refractivity contribution is -0.127. The highest BCUT2D eigenvalue weighted by atomic mass is 16.3. The predicted molar refractivity (Wildman–Crippen MR) is 139 cm³/mol. The Morgan fingerprint density at radius 1 is 1.19 bits per heavy atom. The smallest absolute Gasteiger partial charge is 0.251 e. The number of aryl methyl sites for hydroxylation is 1. The Labute approximate surface area is 215 Å². The van der Waals surface area contributed by atoms with Crippen molar-refractivity contribution in [3.05, 3.63) is 54.4 Å². The largest absolute Gasteiger partial charge is 0.458 e. The molecule has 0 bridgehead atoms. The second-order valence-corrected chi connectivity index (χ2v) is 9.50. The number of carbonyl (C=O) groups excluding carboxylic acids is 2. The van der Waals surface area contributed by atoms with Crippen LogP contribution < -0.4 is 10.2 Å². The van der Waals surface area contributed by atoms with E-state index in [1.807, 2.05) is 50.2 Å². The summed E-state index contributed by atoms with van der Waals surface area (Å²) in [5.74, 6) is 1.04. The van der Waals surface area contributed by atoms with Gasteiger partial charge in [-0.3, -0.25) is 19.5 Å². The van der Waals surface area contributed by atoms with Crippen molar-refractivity contribution in [2.45, 2.75) is 71.0 Å². The maximum Gasteiger partial charge on any atom is 0.251 e. The fourth-order valence-corrected chi connectivity index (χ4v) is 4.87. The molecule has 1 aromatic carbocycles. The van der Waals surface area contributed by atoms with Crippen molar-refractivity contribution in [3.63, 3.8) is 0 Å². The molecular formula is C27H31N7O3. The number of aromatic nitrogens is 5. The van der Waals surface area contributed by atoms with Crippen molar-refractivity contribution in [3.8, 4) is 11.6 Å². The van der Waals surface area contributed by atoms with E-state index in [9.17, 15) is 9.59 Å². The number of nitrogens with zero attached hydrogens (tertiary/aromatic N) is 6. The third kappa shape index (κ3) is 5.52. The molecule has 1 fully saturated rings. The minimum absolute atomic E-state index is 0.145. The van der Waals surface area contributed by atoms with Crippen LogP contribution in [0.3, 0.4) is 0 Å². The molecule has 1 unspecified atom stereocenters. The van der Waals surface area contributed by atoms with Crippen molar-refractivity contribution in [1.82, 2.24) is 30.5 Å². The van der Waals surface area contributed by atoms with Crippen LogP contribution in [0.2, 0.25) is 0 Å². The maximum atomic E-state index is 13.8. The van der Waals surface area contributed by atoms with Gasteiger partial charge in [-0.15, -0.1) is 10.2 Å².